The summed E-state index contributed by atoms with van der Waals surface area (Å²) in [5.74, 6) is -2.29. The van der Waals surface area contributed by atoms with E-state index < -0.39 is 23.5 Å². The summed E-state index contributed by atoms with van der Waals surface area (Å²) < 4.78 is 13.4. The van der Waals surface area contributed by atoms with Crippen LogP contribution in [-0.2, 0) is 9.59 Å². The fourth-order valence-electron chi connectivity index (χ4n) is 3.19. The number of aromatic nitrogens is 1. The lowest BCUT2D eigenvalue weighted by atomic mass is 9.95. The van der Waals surface area contributed by atoms with Crippen LogP contribution in [0.15, 0.2) is 65.7 Å². The molecule has 2 heterocycles. The number of carbonyl (C=O) groups excluding carboxylic acids is 2. The molecule has 3 aromatic rings. The van der Waals surface area contributed by atoms with Gasteiger partial charge in [0.15, 0.2) is 5.13 Å². The third-order valence-corrected chi connectivity index (χ3v) is 5.35. The minimum Gasteiger partial charge on any atom is -0.507 e. The number of aliphatic hydroxyl groups excluding tert-OH is 1. The number of halogens is 1. The molecule has 0 bridgehead atoms. The Labute approximate surface area is 164 Å². The molecule has 28 heavy (non-hydrogen) atoms. The Balaban J connectivity index is 1.93. The van der Waals surface area contributed by atoms with Gasteiger partial charge in [-0.1, -0.05) is 42.0 Å². The van der Waals surface area contributed by atoms with Crippen molar-refractivity contribution in [2.45, 2.75) is 13.0 Å². The van der Waals surface area contributed by atoms with E-state index in [2.05, 4.69) is 4.98 Å². The lowest BCUT2D eigenvalue weighted by Crippen LogP contribution is -2.29. The van der Waals surface area contributed by atoms with E-state index in [1.807, 2.05) is 6.92 Å². The maximum Gasteiger partial charge on any atom is 0.301 e. The smallest absolute Gasteiger partial charge is 0.301 e. The summed E-state index contributed by atoms with van der Waals surface area (Å²) in [5.41, 5.74) is 1.88. The Hall–Kier alpha value is -3.32. The van der Waals surface area contributed by atoms with Crippen molar-refractivity contribution in [2.75, 3.05) is 4.90 Å². The molecule has 5 nitrogen and oxygen atoms in total. The molecule has 1 aromatic heterocycles. The molecule has 1 aliphatic rings. The molecule has 1 amide bonds. The predicted octanol–water partition coefficient (Wildman–Crippen LogP) is 4.22. The zero-order valence-corrected chi connectivity index (χ0v) is 15.6. The van der Waals surface area contributed by atoms with Crippen LogP contribution >= 0.6 is 11.3 Å². The van der Waals surface area contributed by atoms with Crippen molar-refractivity contribution < 1.29 is 19.1 Å². The van der Waals surface area contributed by atoms with Gasteiger partial charge in [0, 0.05) is 17.1 Å². The number of ketones is 1. The number of thiazole rings is 1. The highest BCUT2D eigenvalue weighted by Gasteiger charge is 2.47. The maximum atomic E-state index is 13.4. The van der Waals surface area contributed by atoms with E-state index >= 15 is 0 Å². The Bertz CT molecular complexity index is 1070. The van der Waals surface area contributed by atoms with Gasteiger partial charge in [-0.05, 0) is 24.6 Å². The highest BCUT2D eigenvalue weighted by molar-refractivity contribution is 7.14. The molecule has 1 saturated heterocycles. The SMILES string of the molecule is Cc1ccc(/C(O)=C2/C(=O)C(=O)N(c3nccs3)C2c2ccc(F)cc2)cc1. The topological polar surface area (TPSA) is 70.5 Å². The molecule has 0 radical (unpaired) electrons. The van der Waals surface area contributed by atoms with E-state index in [1.165, 1.54) is 46.7 Å². The first kappa shape index (κ1) is 18.1. The number of carbonyl (C=O) groups is 2. The van der Waals surface area contributed by atoms with Crippen molar-refractivity contribution in [3.63, 3.8) is 0 Å². The van der Waals surface area contributed by atoms with Crippen molar-refractivity contribution in [3.8, 4) is 0 Å². The molecule has 140 valence electrons. The molecule has 1 atom stereocenters. The van der Waals surface area contributed by atoms with E-state index in [0.717, 1.165) is 5.56 Å². The van der Waals surface area contributed by atoms with Crippen LogP contribution in [0.1, 0.15) is 22.7 Å². The Morgan fingerprint density at radius 1 is 1.11 bits per heavy atom. The summed E-state index contributed by atoms with van der Waals surface area (Å²) in [6.07, 6.45) is 1.53. The first-order valence-corrected chi connectivity index (χ1v) is 9.38. The molecular weight excluding hydrogens is 379 g/mol. The second-order valence-electron chi connectivity index (χ2n) is 6.40. The van der Waals surface area contributed by atoms with Gasteiger partial charge in [-0.2, -0.15) is 0 Å². The average molecular weight is 394 g/mol. The van der Waals surface area contributed by atoms with Gasteiger partial charge in [0.2, 0.25) is 0 Å². The molecule has 2 aromatic carbocycles. The summed E-state index contributed by atoms with van der Waals surface area (Å²) in [4.78, 5) is 31.0. The van der Waals surface area contributed by atoms with Crippen LogP contribution in [0, 0.1) is 12.7 Å². The van der Waals surface area contributed by atoms with Crippen LogP contribution in [0.25, 0.3) is 5.76 Å². The standard InChI is InChI=1S/C21H15FN2O3S/c1-12-2-4-14(5-3-12)18(25)16-17(13-6-8-15(22)9-7-13)24(20(27)19(16)26)21-23-10-11-28-21/h2-11,17,25H,1H3/b18-16-. The first-order chi connectivity index (χ1) is 13.5. The summed E-state index contributed by atoms with van der Waals surface area (Å²) in [5, 5.41) is 12.9. The number of rotatable bonds is 3. The molecule has 0 aliphatic carbocycles. The van der Waals surface area contributed by atoms with E-state index in [9.17, 15) is 19.1 Å². The van der Waals surface area contributed by atoms with Crippen molar-refractivity contribution in [1.29, 1.82) is 0 Å². The van der Waals surface area contributed by atoms with Crippen LogP contribution < -0.4 is 4.90 Å². The summed E-state index contributed by atoms with van der Waals surface area (Å²) in [6, 6.07) is 11.6. The van der Waals surface area contributed by atoms with Gasteiger partial charge in [-0.3, -0.25) is 14.5 Å². The second kappa shape index (κ2) is 7.01. The number of amides is 1. The average Bonchev–Trinajstić information content (AvgIpc) is 3.30. The zero-order chi connectivity index (χ0) is 19.8. The Morgan fingerprint density at radius 2 is 1.79 bits per heavy atom. The van der Waals surface area contributed by atoms with Gasteiger partial charge in [0.05, 0.1) is 11.6 Å². The van der Waals surface area contributed by atoms with Crippen LogP contribution in [0.2, 0.25) is 0 Å². The van der Waals surface area contributed by atoms with E-state index in [1.54, 1.807) is 29.6 Å². The lowest BCUT2D eigenvalue weighted by Gasteiger charge is -2.22. The van der Waals surface area contributed by atoms with Crippen molar-refractivity contribution in [1.82, 2.24) is 4.98 Å². The largest absolute Gasteiger partial charge is 0.507 e. The first-order valence-electron chi connectivity index (χ1n) is 8.50. The van der Waals surface area contributed by atoms with Crippen molar-refractivity contribution >= 4 is 33.9 Å². The second-order valence-corrected chi connectivity index (χ2v) is 7.27. The predicted molar refractivity (Wildman–Crippen MR) is 104 cm³/mol. The summed E-state index contributed by atoms with van der Waals surface area (Å²) in [7, 11) is 0. The van der Waals surface area contributed by atoms with Gasteiger partial charge in [-0.15, -0.1) is 11.3 Å². The van der Waals surface area contributed by atoms with Crippen LogP contribution in [0.4, 0.5) is 9.52 Å². The summed E-state index contributed by atoms with van der Waals surface area (Å²) >= 11 is 1.20. The molecule has 1 aliphatic heterocycles. The minimum absolute atomic E-state index is 0.0457. The van der Waals surface area contributed by atoms with Crippen molar-refractivity contribution in [2.24, 2.45) is 0 Å². The monoisotopic (exact) mass is 394 g/mol. The van der Waals surface area contributed by atoms with E-state index in [4.69, 9.17) is 0 Å². The normalized spacial score (nSPS) is 18.6. The Morgan fingerprint density at radius 3 is 2.39 bits per heavy atom. The molecule has 0 saturated carbocycles. The van der Waals surface area contributed by atoms with E-state index in [0.29, 0.717) is 16.3 Å². The third-order valence-electron chi connectivity index (χ3n) is 4.58. The van der Waals surface area contributed by atoms with Gasteiger partial charge in [-0.25, -0.2) is 9.37 Å². The van der Waals surface area contributed by atoms with Crippen molar-refractivity contribution in [3.05, 3.63) is 88.2 Å². The van der Waals surface area contributed by atoms with Gasteiger partial charge in [0.25, 0.3) is 5.78 Å². The molecule has 7 heteroatoms. The number of nitrogens with zero attached hydrogens (tertiary/aromatic N) is 2. The van der Waals surface area contributed by atoms with Crippen LogP contribution in [0.3, 0.4) is 0 Å². The Kier molecular flexibility index (Phi) is 4.52. The molecular formula is C21H15FN2O3S. The molecule has 4 rings (SSSR count). The zero-order valence-electron chi connectivity index (χ0n) is 14.8. The quantitative estimate of drug-likeness (QED) is 0.410. The van der Waals surface area contributed by atoms with Crippen LogP contribution in [0.5, 0.6) is 0 Å². The minimum atomic E-state index is -0.895. The number of anilines is 1. The lowest BCUT2D eigenvalue weighted by molar-refractivity contribution is -0.132. The number of aliphatic hydroxyl groups is 1. The fraction of sp³-hybridized carbons (Fsp3) is 0.0952. The van der Waals surface area contributed by atoms with Gasteiger partial charge >= 0.3 is 5.91 Å². The van der Waals surface area contributed by atoms with Crippen LogP contribution in [-0.4, -0.2) is 21.8 Å². The maximum absolute atomic E-state index is 13.4. The highest BCUT2D eigenvalue weighted by Crippen LogP contribution is 2.42. The van der Waals surface area contributed by atoms with Gasteiger partial charge < -0.3 is 5.11 Å². The number of Topliss-reactive ketones (excluding diaryl/α,β-unsaturated/α-hetero) is 1. The number of aryl methyl sites for hydroxylation is 1. The van der Waals surface area contributed by atoms with Gasteiger partial charge in [0.1, 0.15) is 11.6 Å². The third kappa shape index (κ3) is 2.99. The van der Waals surface area contributed by atoms with E-state index in [-0.39, 0.29) is 11.3 Å². The molecule has 1 N–H and O–H groups in total. The molecule has 0 spiro atoms. The number of benzene rings is 2. The summed E-state index contributed by atoms with van der Waals surface area (Å²) in [6.45, 7) is 1.91. The highest BCUT2D eigenvalue weighted by atomic mass is 32.1. The molecule has 1 fully saturated rings. The number of hydrogen-bond donors (Lipinski definition) is 1. The number of hydrogen-bond acceptors (Lipinski definition) is 5. The fourth-order valence-corrected chi connectivity index (χ4v) is 3.86. The molecule has 1 unspecified atom stereocenters.